The van der Waals surface area contributed by atoms with Crippen LogP contribution < -0.4 is 0 Å². The second-order valence-electron chi connectivity index (χ2n) is 2.59. The number of carbonyl (C=O) groups excluding carboxylic acids is 1. The van der Waals surface area contributed by atoms with Gasteiger partial charge in [-0.1, -0.05) is 0 Å². The predicted molar refractivity (Wildman–Crippen MR) is 49.6 cm³/mol. The average molecular weight is 177 g/mol. The Morgan fingerprint density at radius 1 is 1.50 bits per heavy atom. The third kappa shape index (κ3) is 1.12. The van der Waals surface area contributed by atoms with Gasteiger partial charge in [0.2, 0.25) is 0 Å². The molecule has 0 aliphatic heterocycles. The van der Waals surface area contributed by atoms with Crippen LogP contribution in [0.1, 0.15) is 17.3 Å². The highest BCUT2D eigenvalue weighted by Gasteiger charge is 2.01. The summed E-state index contributed by atoms with van der Waals surface area (Å²) in [6.45, 7) is 1.57. The molecule has 2 nitrogen and oxygen atoms in total. The maximum absolute atomic E-state index is 11.0. The molecule has 12 heavy (non-hydrogen) atoms. The summed E-state index contributed by atoms with van der Waals surface area (Å²) in [5.74, 6) is 0.102. The summed E-state index contributed by atoms with van der Waals surface area (Å²) in [6.07, 6.45) is 0. The minimum atomic E-state index is 0.102. The molecule has 0 bridgehead atoms. The molecule has 1 heterocycles. The number of benzene rings is 1. The molecule has 0 aliphatic rings. The standard InChI is InChI=1S/C9H7NOS/c1-6(11)7-2-3-8-9(4-7)12-5-10-8/h2-5H,1H3. The quantitative estimate of drug-likeness (QED) is 0.626. The highest BCUT2D eigenvalue weighted by Crippen LogP contribution is 2.18. The second kappa shape index (κ2) is 2.68. The number of ketones is 1. The molecule has 0 fully saturated rings. The van der Waals surface area contributed by atoms with Gasteiger partial charge >= 0.3 is 0 Å². The number of rotatable bonds is 1. The average Bonchev–Trinajstić information content (AvgIpc) is 2.49. The van der Waals surface area contributed by atoms with Crippen molar-refractivity contribution >= 4 is 27.3 Å². The lowest BCUT2D eigenvalue weighted by atomic mass is 10.1. The number of aromatic nitrogens is 1. The Morgan fingerprint density at radius 2 is 2.33 bits per heavy atom. The Kier molecular flexibility index (Phi) is 1.66. The molecule has 0 atom stereocenters. The fraction of sp³-hybridized carbons (Fsp3) is 0.111. The molecular formula is C9H7NOS. The predicted octanol–water partition coefficient (Wildman–Crippen LogP) is 2.50. The van der Waals surface area contributed by atoms with Crippen LogP contribution in [0.25, 0.3) is 10.2 Å². The molecule has 0 saturated heterocycles. The fourth-order valence-electron chi connectivity index (χ4n) is 1.07. The lowest BCUT2D eigenvalue weighted by Crippen LogP contribution is -1.89. The first-order valence-electron chi connectivity index (χ1n) is 3.61. The van der Waals surface area contributed by atoms with Gasteiger partial charge in [0.1, 0.15) is 0 Å². The Morgan fingerprint density at radius 3 is 3.08 bits per heavy atom. The van der Waals surface area contributed by atoms with Gasteiger partial charge in [0.05, 0.1) is 15.7 Å². The Labute approximate surface area is 73.9 Å². The maximum Gasteiger partial charge on any atom is 0.159 e. The fourth-order valence-corrected chi connectivity index (χ4v) is 1.79. The van der Waals surface area contributed by atoms with E-state index in [9.17, 15) is 4.79 Å². The first-order chi connectivity index (χ1) is 5.77. The van der Waals surface area contributed by atoms with Crippen molar-refractivity contribution in [1.82, 2.24) is 4.98 Å². The molecule has 0 saturated carbocycles. The summed E-state index contributed by atoms with van der Waals surface area (Å²) < 4.78 is 1.07. The van der Waals surface area contributed by atoms with Crippen molar-refractivity contribution in [3.05, 3.63) is 29.3 Å². The van der Waals surface area contributed by atoms with E-state index in [1.807, 2.05) is 18.2 Å². The van der Waals surface area contributed by atoms with Crippen molar-refractivity contribution < 1.29 is 4.79 Å². The number of fused-ring (bicyclic) bond motifs is 1. The van der Waals surface area contributed by atoms with Gasteiger partial charge in [-0.15, -0.1) is 11.3 Å². The second-order valence-corrected chi connectivity index (χ2v) is 3.48. The highest BCUT2D eigenvalue weighted by atomic mass is 32.1. The summed E-state index contributed by atoms with van der Waals surface area (Å²) >= 11 is 1.56. The molecule has 2 aromatic rings. The minimum absolute atomic E-state index is 0.102. The first kappa shape index (κ1) is 7.43. The molecule has 1 aromatic carbocycles. The number of hydrogen-bond donors (Lipinski definition) is 0. The lowest BCUT2D eigenvalue weighted by Gasteiger charge is -1.93. The van der Waals surface area contributed by atoms with Crippen LogP contribution in [0.5, 0.6) is 0 Å². The number of thiazole rings is 1. The molecule has 1 aromatic heterocycles. The van der Waals surface area contributed by atoms with Crippen molar-refractivity contribution in [3.8, 4) is 0 Å². The van der Waals surface area contributed by atoms with Crippen molar-refractivity contribution in [1.29, 1.82) is 0 Å². The highest BCUT2D eigenvalue weighted by molar-refractivity contribution is 7.16. The zero-order valence-corrected chi connectivity index (χ0v) is 7.39. The van der Waals surface area contributed by atoms with Crippen LogP contribution in [-0.2, 0) is 0 Å². The van der Waals surface area contributed by atoms with Crippen molar-refractivity contribution in [3.63, 3.8) is 0 Å². The van der Waals surface area contributed by atoms with Gasteiger partial charge in [-0.25, -0.2) is 4.98 Å². The largest absolute Gasteiger partial charge is 0.295 e. The maximum atomic E-state index is 11.0. The number of nitrogens with zero attached hydrogens (tertiary/aromatic N) is 1. The van der Waals surface area contributed by atoms with Crippen LogP contribution in [0, 0.1) is 0 Å². The van der Waals surface area contributed by atoms with Crippen molar-refractivity contribution in [2.45, 2.75) is 6.92 Å². The van der Waals surface area contributed by atoms with Gasteiger partial charge in [-0.05, 0) is 25.1 Å². The molecule has 0 N–H and O–H groups in total. The van der Waals surface area contributed by atoms with E-state index in [2.05, 4.69) is 4.98 Å². The lowest BCUT2D eigenvalue weighted by molar-refractivity contribution is 0.101. The van der Waals surface area contributed by atoms with Gasteiger partial charge in [-0.2, -0.15) is 0 Å². The number of carbonyl (C=O) groups is 1. The number of Topliss-reactive ketones (excluding diaryl/α,β-unsaturated/α-hetero) is 1. The van der Waals surface area contributed by atoms with E-state index >= 15 is 0 Å². The Bertz CT molecular complexity index is 433. The SMILES string of the molecule is CC(=O)c1ccc2ncsc2c1. The molecule has 2 rings (SSSR count). The van der Waals surface area contributed by atoms with Crippen molar-refractivity contribution in [2.24, 2.45) is 0 Å². The molecule has 0 spiro atoms. The smallest absolute Gasteiger partial charge is 0.159 e. The molecule has 60 valence electrons. The van der Waals surface area contributed by atoms with E-state index in [4.69, 9.17) is 0 Å². The Hall–Kier alpha value is -1.22. The minimum Gasteiger partial charge on any atom is -0.295 e. The van der Waals surface area contributed by atoms with Crippen LogP contribution in [0.3, 0.4) is 0 Å². The van der Waals surface area contributed by atoms with Crippen LogP contribution in [0.15, 0.2) is 23.7 Å². The third-order valence-electron chi connectivity index (χ3n) is 1.74. The van der Waals surface area contributed by atoms with Gasteiger partial charge < -0.3 is 0 Å². The summed E-state index contributed by atoms with van der Waals surface area (Å²) in [5.41, 5.74) is 3.51. The zero-order chi connectivity index (χ0) is 8.55. The summed E-state index contributed by atoms with van der Waals surface area (Å²) in [6, 6.07) is 5.57. The summed E-state index contributed by atoms with van der Waals surface area (Å²) in [5, 5.41) is 0. The van der Waals surface area contributed by atoms with Gasteiger partial charge in [0, 0.05) is 5.56 Å². The molecule has 0 amide bonds. The van der Waals surface area contributed by atoms with E-state index in [-0.39, 0.29) is 5.78 Å². The first-order valence-corrected chi connectivity index (χ1v) is 4.49. The van der Waals surface area contributed by atoms with Crippen LogP contribution in [0.2, 0.25) is 0 Å². The van der Waals surface area contributed by atoms with Crippen LogP contribution in [0.4, 0.5) is 0 Å². The van der Waals surface area contributed by atoms with E-state index < -0.39 is 0 Å². The Balaban J connectivity index is 2.68. The molecule has 0 aliphatic carbocycles. The van der Waals surface area contributed by atoms with E-state index in [1.54, 1.807) is 23.8 Å². The van der Waals surface area contributed by atoms with E-state index in [1.165, 1.54) is 0 Å². The molecular weight excluding hydrogens is 170 g/mol. The summed E-state index contributed by atoms with van der Waals surface area (Å²) in [4.78, 5) is 15.1. The normalized spacial score (nSPS) is 10.4. The van der Waals surface area contributed by atoms with Gasteiger partial charge in [-0.3, -0.25) is 4.79 Å². The van der Waals surface area contributed by atoms with Gasteiger partial charge in [0.15, 0.2) is 5.78 Å². The van der Waals surface area contributed by atoms with Crippen LogP contribution in [-0.4, -0.2) is 10.8 Å². The molecule has 0 unspecified atom stereocenters. The topological polar surface area (TPSA) is 30.0 Å². The monoisotopic (exact) mass is 177 g/mol. The molecule has 0 radical (unpaired) electrons. The van der Waals surface area contributed by atoms with E-state index in [0.717, 1.165) is 15.8 Å². The zero-order valence-electron chi connectivity index (χ0n) is 6.57. The van der Waals surface area contributed by atoms with Crippen molar-refractivity contribution in [2.75, 3.05) is 0 Å². The number of hydrogen-bond acceptors (Lipinski definition) is 3. The third-order valence-corrected chi connectivity index (χ3v) is 2.53. The van der Waals surface area contributed by atoms with Crippen LogP contribution >= 0.6 is 11.3 Å². The van der Waals surface area contributed by atoms with Gasteiger partial charge in [0.25, 0.3) is 0 Å². The molecule has 3 heteroatoms. The summed E-state index contributed by atoms with van der Waals surface area (Å²) in [7, 11) is 0. The van der Waals surface area contributed by atoms with E-state index in [0.29, 0.717) is 0 Å².